The lowest BCUT2D eigenvalue weighted by molar-refractivity contribution is 0.153. The van der Waals surface area contributed by atoms with Gasteiger partial charge in [-0.05, 0) is 20.0 Å². The monoisotopic (exact) mass is 239 g/mol. The Balaban J connectivity index is 2.82. The highest BCUT2D eigenvalue weighted by molar-refractivity contribution is 5.94. The van der Waals surface area contributed by atoms with E-state index in [1.165, 1.54) is 6.07 Å². The van der Waals surface area contributed by atoms with E-state index in [2.05, 4.69) is 0 Å². The summed E-state index contributed by atoms with van der Waals surface area (Å²) < 4.78 is 13.7. The minimum Gasteiger partial charge on any atom is -0.395 e. The second kappa shape index (κ2) is 5.75. The molecule has 94 valence electrons. The highest BCUT2D eigenvalue weighted by Gasteiger charge is 2.11. The Morgan fingerprint density at radius 1 is 1.59 bits per heavy atom. The van der Waals surface area contributed by atoms with Crippen molar-refractivity contribution in [3.63, 3.8) is 0 Å². The second-order valence-corrected chi connectivity index (χ2v) is 4.17. The molecule has 0 heterocycles. The van der Waals surface area contributed by atoms with Gasteiger partial charge in [-0.15, -0.1) is 0 Å². The molecule has 1 aromatic carbocycles. The molecule has 0 bridgehead atoms. The van der Waals surface area contributed by atoms with Crippen LogP contribution >= 0.6 is 0 Å². The third-order valence-corrected chi connectivity index (χ3v) is 2.80. The first-order valence-corrected chi connectivity index (χ1v) is 5.39. The number of nitrogens with zero attached hydrogens (tertiary/aromatic N) is 1. The molecule has 0 aliphatic heterocycles. The summed E-state index contributed by atoms with van der Waals surface area (Å²) in [5.41, 5.74) is 6.18. The largest absolute Gasteiger partial charge is 0.395 e. The zero-order valence-corrected chi connectivity index (χ0v) is 10.1. The summed E-state index contributed by atoms with van der Waals surface area (Å²) >= 11 is 0. The van der Waals surface area contributed by atoms with Gasteiger partial charge in [-0.3, -0.25) is 10.3 Å². The zero-order chi connectivity index (χ0) is 13.0. The van der Waals surface area contributed by atoms with E-state index in [4.69, 9.17) is 16.2 Å². The summed E-state index contributed by atoms with van der Waals surface area (Å²) in [6, 6.07) is 4.47. The van der Waals surface area contributed by atoms with Gasteiger partial charge in [0, 0.05) is 23.7 Å². The third-order valence-electron chi connectivity index (χ3n) is 2.80. The minimum atomic E-state index is -0.380. The topological polar surface area (TPSA) is 73.3 Å². The van der Waals surface area contributed by atoms with Crippen molar-refractivity contribution in [3.8, 4) is 0 Å². The van der Waals surface area contributed by atoms with Crippen molar-refractivity contribution in [1.82, 2.24) is 4.90 Å². The van der Waals surface area contributed by atoms with Gasteiger partial charge in [0.15, 0.2) is 0 Å². The molecular weight excluding hydrogens is 221 g/mol. The number of amidine groups is 1. The van der Waals surface area contributed by atoms with E-state index in [1.54, 1.807) is 12.1 Å². The molecule has 0 radical (unpaired) electrons. The number of nitrogens with two attached hydrogens (primary N) is 1. The van der Waals surface area contributed by atoms with Crippen LogP contribution in [0.25, 0.3) is 0 Å². The Kier molecular flexibility index (Phi) is 4.60. The van der Waals surface area contributed by atoms with E-state index in [0.29, 0.717) is 17.7 Å². The fourth-order valence-electron chi connectivity index (χ4n) is 1.41. The molecule has 5 heteroatoms. The van der Waals surface area contributed by atoms with Crippen molar-refractivity contribution in [2.24, 2.45) is 5.73 Å². The van der Waals surface area contributed by atoms with Crippen molar-refractivity contribution < 1.29 is 9.50 Å². The van der Waals surface area contributed by atoms with Crippen molar-refractivity contribution in [2.45, 2.75) is 19.5 Å². The summed E-state index contributed by atoms with van der Waals surface area (Å²) in [7, 11) is 1.82. The van der Waals surface area contributed by atoms with Crippen LogP contribution in [0.1, 0.15) is 18.1 Å². The van der Waals surface area contributed by atoms with Crippen molar-refractivity contribution in [1.29, 1.82) is 5.41 Å². The average Bonchev–Trinajstić information content (AvgIpc) is 2.30. The molecule has 0 fully saturated rings. The summed E-state index contributed by atoms with van der Waals surface area (Å²) in [5.74, 6) is -0.526. The van der Waals surface area contributed by atoms with Crippen LogP contribution in [0.3, 0.4) is 0 Å². The van der Waals surface area contributed by atoms with Gasteiger partial charge in [0.05, 0.1) is 6.61 Å². The average molecular weight is 239 g/mol. The number of nitrogen functional groups attached to an aromatic ring is 1. The molecule has 1 aromatic rings. The van der Waals surface area contributed by atoms with Gasteiger partial charge >= 0.3 is 0 Å². The van der Waals surface area contributed by atoms with Crippen LogP contribution in [0.15, 0.2) is 18.2 Å². The first kappa shape index (κ1) is 13.6. The summed E-state index contributed by atoms with van der Waals surface area (Å²) in [6.07, 6.45) is 0. The maximum Gasteiger partial charge on any atom is 0.128 e. The number of likely N-dealkylation sites (N-methyl/N-ethyl adjacent to an activating group) is 1. The van der Waals surface area contributed by atoms with Crippen LogP contribution < -0.4 is 5.73 Å². The number of aliphatic hydroxyl groups is 1. The van der Waals surface area contributed by atoms with Gasteiger partial charge in [-0.1, -0.05) is 12.1 Å². The molecule has 0 saturated heterocycles. The van der Waals surface area contributed by atoms with Crippen LogP contribution in [0, 0.1) is 11.2 Å². The molecule has 4 N–H and O–H groups in total. The predicted molar refractivity (Wildman–Crippen MR) is 65.4 cm³/mol. The van der Waals surface area contributed by atoms with Gasteiger partial charge < -0.3 is 10.8 Å². The first-order valence-electron chi connectivity index (χ1n) is 5.39. The highest BCUT2D eigenvalue weighted by Crippen LogP contribution is 2.13. The normalized spacial score (nSPS) is 12.8. The maximum absolute atomic E-state index is 13.7. The Labute approximate surface area is 100 Å². The Morgan fingerprint density at radius 3 is 2.71 bits per heavy atom. The fraction of sp³-hybridized carbons (Fsp3) is 0.417. The lowest BCUT2D eigenvalue weighted by atomic mass is 10.1. The van der Waals surface area contributed by atoms with E-state index in [0.717, 1.165) is 0 Å². The number of rotatable bonds is 5. The van der Waals surface area contributed by atoms with Crippen LogP contribution in [0.4, 0.5) is 4.39 Å². The van der Waals surface area contributed by atoms with Gasteiger partial charge in [-0.25, -0.2) is 4.39 Å². The van der Waals surface area contributed by atoms with Gasteiger partial charge in [0.25, 0.3) is 0 Å². The number of nitrogens with one attached hydrogen (secondary N) is 1. The van der Waals surface area contributed by atoms with Crippen molar-refractivity contribution in [3.05, 3.63) is 35.1 Å². The van der Waals surface area contributed by atoms with Gasteiger partial charge in [0.2, 0.25) is 0 Å². The van der Waals surface area contributed by atoms with Crippen molar-refractivity contribution in [2.75, 3.05) is 13.7 Å². The van der Waals surface area contributed by atoms with Gasteiger partial charge in [-0.2, -0.15) is 0 Å². The van der Waals surface area contributed by atoms with Gasteiger partial charge in [0.1, 0.15) is 11.7 Å². The van der Waals surface area contributed by atoms with Crippen LogP contribution in [-0.2, 0) is 6.54 Å². The lowest BCUT2D eigenvalue weighted by Gasteiger charge is -2.23. The first-order chi connectivity index (χ1) is 7.95. The molecule has 0 saturated carbocycles. The zero-order valence-electron chi connectivity index (χ0n) is 10.1. The fourth-order valence-corrected chi connectivity index (χ4v) is 1.41. The summed E-state index contributed by atoms with van der Waals surface area (Å²) in [6.45, 7) is 2.30. The number of halogens is 1. The molecule has 0 aliphatic rings. The van der Waals surface area contributed by atoms with E-state index in [9.17, 15) is 4.39 Å². The van der Waals surface area contributed by atoms with E-state index < -0.39 is 0 Å². The predicted octanol–water partition coefficient (Wildman–Crippen LogP) is 0.922. The Bertz CT molecular complexity index is 409. The molecule has 0 spiro atoms. The quantitative estimate of drug-likeness (QED) is 0.528. The molecule has 1 rings (SSSR count). The SMILES string of the molecule is CC(CO)N(C)Cc1ccc(C(=N)N)cc1F. The van der Waals surface area contributed by atoms with E-state index in [1.807, 2.05) is 18.9 Å². The standard InChI is InChI=1S/C12H18FN3O/c1-8(7-17)16(2)6-10-4-3-9(12(14)15)5-11(10)13/h3-5,8,17H,6-7H2,1-2H3,(H3,14,15). The molecule has 0 aliphatic carbocycles. The molecule has 0 aromatic heterocycles. The second-order valence-electron chi connectivity index (χ2n) is 4.17. The Morgan fingerprint density at radius 2 is 2.24 bits per heavy atom. The molecule has 1 atom stereocenters. The highest BCUT2D eigenvalue weighted by atomic mass is 19.1. The maximum atomic E-state index is 13.7. The summed E-state index contributed by atoms with van der Waals surface area (Å²) in [4.78, 5) is 1.85. The van der Waals surface area contributed by atoms with Crippen LogP contribution in [-0.4, -0.2) is 35.5 Å². The summed E-state index contributed by atoms with van der Waals surface area (Å²) in [5, 5.41) is 16.2. The van der Waals surface area contributed by atoms with E-state index >= 15 is 0 Å². The smallest absolute Gasteiger partial charge is 0.128 e. The number of hydrogen-bond donors (Lipinski definition) is 3. The number of benzene rings is 1. The number of aliphatic hydroxyl groups excluding tert-OH is 1. The molecule has 4 nitrogen and oxygen atoms in total. The van der Waals surface area contributed by atoms with Crippen LogP contribution in [0.2, 0.25) is 0 Å². The van der Waals surface area contributed by atoms with Crippen LogP contribution in [0.5, 0.6) is 0 Å². The molecule has 0 amide bonds. The van der Waals surface area contributed by atoms with E-state index in [-0.39, 0.29) is 24.3 Å². The third kappa shape index (κ3) is 3.51. The minimum absolute atomic E-state index is 0.0260. The Hall–Kier alpha value is -1.46. The van der Waals surface area contributed by atoms with Crippen molar-refractivity contribution >= 4 is 5.84 Å². The molecular formula is C12H18FN3O. The lowest BCUT2D eigenvalue weighted by Crippen LogP contribution is -2.31. The number of hydrogen-bond acceptors (Lipinski definition) is 3. The molecule has 1 unspecified atom stereocenters. The molecule has 17 heavy (non-hydrogen) atoms.